The van der Waals surface area contributed by atoms with Crippen LogP contribution in [0.3, 0.4) is 0 Å². The number of hydrogen-bond acceptors (Lipinski definition) is 4. The number of nitrogens with zero attached hydrogens (tertiary/aromatic N) is 2. The van der Waals surface area contributed by atoms with Gasteiger partial charge in [0.15, 0.2) is 0 Å². The summed E-state index contributed by atoms with van der Waals surface area (Å²) in [5.41, 5.74) is 3.39. The molecule has 0 heterocycles. The van der Waals surface area contributed by atoms with Crippen molar-refractivity contribution < 1.29 is 27.0 Å². The van der Waals surface area contributed by atoms with Crippen molar-refractivity contribution in [1.82, 2.24) is 0 Å². The molecule has 0 saturated heterocycles. The number of benzene rings is 4. The molecule has 0 fully saturated rings. The molecular formula is C28H20Br4CoN2O2. The molecule has 0 aliphatic rings. The van der Waals surface area contributed by atoms with Gasteiger partial charge in [0.05, 0.1) is 13.1 Å². The summed E-state index contributed by atoms with van der Waals surface area (Å²) in [5, 5.41) is 23.6. The van der Waals surface area contributed by atoms with Gasteiger partial charge < -0.3 is 10.2 Å². The Kier molecular flexibility index (Phi) is 13.8. The Bertz CT molecular complexity index is 1250. The van der Waals surface area contributed by atoms with Gasteiger partial charge in [0.1, 0.15) is 0 Å². The average Bonchev–Trinajstić information content (AvgIpc) is 2.87. The van der Waals surface area contributed by atoms with E-state index in [2.05, 4.69) is 73.7 Å². The van der Waals surface area contributed by atoms with Gasteiger partial charge in [-0.1, -0.05) is 136 Å². The molecule has 0 aliphatic carbocycles. The van der Waals surface area contributed by atoms with Crippen molar-refractivity contribution in [2.75, 3.05) is 0 Å². The van der Waals surface area contributed by atoms with Gasteiger partial charge in [0, 0.05) is 30.3 Å². The molecule has 0 bridgehead atoms. The predicted molar refractivity (Wildman–Crippen MR) is 158 cm³/mol. The third-order valence-electron chi connectivity index (χ3n) is 4.77. The van der Waals surface area contributed by atoms with E-state index < -0.39 is 0 Å². The normalized spacial score (nSPS) is 10.7. The van der Waals surface area contributed by atoms with Crippen LogP contribution in [0.25, 0.3) is 0 Å². The monoisotopic (exact) mass is 791 g/mol. The minimum Gasteiger partial charge on any atom is -0.871 e. The SMILES string of the molecule is [Co+2].[O-]c1c(Br)cc(Br)cc1C=NCc1ccccc1.[O-]c1c(Br)cc(Br)cc1C=NCc1ccccc1. The maximum atomic E-state index is 11.8. The Hall–Kier alpha value is -1.75. The van der Waals surface area contributed by atoms with Crippen molar-refractivity contribution >= 4 is 76.1 Å². The fourth-order valence-electron chi connectivity index (χ4n) is 3.02. The first-order valence-electron chi connectivity index (χ1n) is 10.7. The van der Waals surface area contributed by atoms with E-state index in [9.17, 15) is 10.2 Å². The Morgan fingerprint density at radius 1 is 0.568 bits per heavy atom. The summed E-state index contributed by atoms with van der Waals surface area (Å²) in [5.74, 6) is -0.0926. The van der Waals surface area contributed by atoms with Gasteiger partial charge in [-0.25, -0.2) is 0 Å². The minimum atomic E-state index is -0.0463. The molecule has 4 aromatic carbocycles. The van der Waals surface area contributed by atoms with Crippen LogP contribution in [0.15, 0.2) is 113 Å². The quantitative estimate of drug-likeness (QED) is 0.187. The van der Waals surface area contributed by atoms with Crippen LogP contribution in [0.2, 0.25) is 0 Å². The van der Waals surface area contributed by atoms with Crippen LogP contribution in [0, 0.1) is 0 Å². The molecule has 1 radical (unpaired) electrons. The summed E-state index contributed by atoms with van der Waals surface area (Å²) in [6.07, 6.45) is 3.23. The van der Waals surface area contributed by atoms with Crippen molar-refractivity contribution in [2.24, 2.45) is 9.98 Å². The van der Waals surface area contributed by atoms with Crippen molar-refractivity contribution in [2.45, 2.75) is 13.1 Å². The van der Waals surface area contributed by atoms with Crippen LogP contribution in [0.1, 0.15) is 22.3 Å². The van der Waals surface area contributed by atoms with Crippen LogP contribution in [-0.2, 0) is 29.9 Å². The zero-order valence-electron chi connectivity index (χ0n) is 19.2. The van der Waals surface area contributed by atoms with Crippen LogP contribution in [0.5, 0.6) is 11.5 Å². The first-order chi connectivity index (χ1) is 17.3. The first-order valence-corrected chi connectivity index (χ1v) is 13.9. The molecule has 0 aromatic heterocycles. The molecule has 0 unspecified atom stereocenters. The van der Waals surface area contributed by atoms with Gasteiger partial charge in [0.25, 0.3) is 0 Å². The maximum Gasteiger partial charge on any atom is 2.00 e. The van der Waals surface area contributed by atoms with Crippen LogP contribution < -0.4 is 10.2 Å². The third kappa shape index (κ3) is 10.5. The molecule has 0 N–H and O–H groups in total. The number of halogens is 4. The largest absolute Gasteiger partial charge is 2.00 e. The standard InChI is InChI=1S/2C14H11Br2NO.Co/c2*15-12-6-11(14(18)13(16)7-12)9-17-8-10-4-2-1-3-5-10;/h2*1-7,9,18H,8H2;/q;;+2/p-2. The summed E-state index contributed by atoms with van der Waals surface area (Å²) >= 11 is 13.2. The topological polar surface area (TPSA) is 70.8 Å². The van der Waals surface area contributed by atoms with Crippen LogP contribution in [-0.4, -0.2) is 12.4 Å². The van der Waals surface area contributed by atoms with Crippen molar-refractivity contribution in [1.29, 1.82) is 0 Å². The molecule has 191 valence electrons. The smallest absolute Gasteiger partial charge is 0.871 e. The molecule has 37 heavy (non-hydrogen) atoms. The summed E-state index contributed by atoms with van der Waals surface area (Å²) in [7, 11) is 0. The predicted octanol–water partition coefficient (Wildman–Crippen LogP) is 7.81. The average molecular weight is 795 g/mol. The fraction of sp³-hybridized carbons (Fsp3) is 0.0714. The molecule has 0 atom stereocenters. The Balaban J connectivity index is 0.000000253. The number of rotatable bonds is 6. The van der Waals surface area contributed by atoms with Crippen LogP contribution >= 0.6 is 63.7 Å². The summed E-state index contributed by atoms with van der Waals surface area (Å²) in [4.78, 5) is 8.58. The summed E-state index contributed by atoms with van der Waals surface area (Å²) in [6, 6.07) is 26.8. The van der Waals surface area contributed by atoms with E-state index in [1.54, 1.807) is 36.7 Å². The molecule has 4 rings (SSSR count). The van der Waals surface area contributed by atoms with Crippen LogP contribution in [0.4, 0.5) is 0 Å². The molecule has 4 aromatic rings. The molecule has 9 heteroatoms. The minimum absolute atomic E-state index is 0. The van der Waals surface area contributed by atoms with E-state index >= 15 is 0 Å². The van der Waals surface area contributed by atoms with Gasteiger partial charge >= 0.3 is 16.8 Å². The van der Waals surface area contributed by atoms with E-state index in [0.717, 1.165) is 20.1 Å². The Labute approximate surface area is 260 Å². The molecule has 0 aliphatic heterocycles. The van der Waals surface area contributed by atoms with Crippen molar-refractivity contribution in [3.05, 3.63) is 125 Å². The van der Waals surface area contributed by atoms with Gasteiger partial charge in [-0.15, -0.1) is 0 Å². The zero-order chi connectivity index (χ0) is 25.9. The fourth-order valence-corrected chi connectivity index (χ4v) is 5.53. The molecule has 4 nitrogen and oxygen atoms in total. The summed E-state index contributed by atoms with van der Waals surface area (Å²) in [6.45, 7) is 1.15. The Morgan fingerprint density at radius 2 is 0.919 bits per heavy atom. The molecular weight excluding hydrogens is 775 g/mol. The second kappa shape index (κ2) is 16.3. The summed E-state index contributed by atoms with van der Waals surface area (Å²) < 4.78 is 2.79. The van der Waals surface area contributed by atoms with E-state index in [4.69, 9.17) is 0 Å². The number of aliphatic imine (C=N–C) groups is 2. The molecule has 0 amide bonds. The van der Waals surface area contributed by atoms with Crippen molar-refractivity contribution in [3.63, 3.8) is 0 Å². The van der Waals surface area contributed by atoms with Gasteiger partial charge in [-0.2, -0.15) is 0 Å². The van der Waals surface area contributed by atoms with Gasteiger partial charge in [-0.3, -0.25) is 9.98 Å². The second-order valence-corrected chi connectivity index (χ2v) is 11.1. The van der Waals surface area contributed by atoms with E-state index in [0.29, 0.717) is 33.2 Å². The van der Waals surface area contributed by atoms with E-state index in [-0.39, 0.29) is 28.3 Å². The first kappa shape index (κ1) is 31.5. The van der Waals surface area contributed by atoms with Gasteiger partial charge in [-0.05, 0) is 46.5 Å². The van der Waals surface area contributed by atoms with E-state index in [1.807, 2.05) is 60.7 Å². The van der Waals surface area contributed by atoms with Crippen molar-refractivity contribution in [3.8, 4) is 11.5 Å². The van der Waals surface area contributed by atoms with Gasteiger partial charge in [0.2, 0.25) is 0 Å². The number of hydrogen-bond donors (Lipinski definition) is 0. The molecule has 0 spiro atoms. The Morgan fingerprint density at radius 3 is 1.27 bits per heavy atom. The maximum absolute atomic E-state index is 11.8. The van der Waals surface area contributed by atoms with E-state index in [1.165, 1.54) is 0 Å². The zero-order valence-corrected chi connectivity index (χ0v) is 26.6. The molecule has 0 saturated carbocycles. The third-order valence-corrected chi connectivity index (χ3v) is 6.86. The second-order valence-electron chi connectivity index (χ2n) is 7.52.